The molecule has 2 fully saturated rings. The zero-order valence-corrected chi connectivity index (χ0v) is 19.3. The monoisotopic (exact) mass is 483 g/mol. The fourth-order valence-electron chi connectivity index (χ4n) is 4.97. The van der Waals surface area contributed by atoms with E-state index in [1.54, 1.807) is 18.2 Å². The molecule has 0 aliphatic carbocycles. The zero-order chi connectivity index (χ0) is 24.6. The molecule has 0 saturated carbocycles. The molecular weight excluding hydrogens is 456 g/mol. The standard InChI is InChI=1S/C26H27F2N3O4/c27-26(28)12-1-2-13-30(26)14-17-6-8-18(9-7-17)16-35-22-5-3-4-19-20(22)15-31(25(19)34)21-10-11-23(32)29-24(21)33/h3-9,21H,1-2,10-16H2,(H,29,32,33). The van der Waals surface area contributed by atoms with E-state index >= 15 is 0 Å². The van der Waals surface area contributed by atoms with Crippen LogP contribution in [0.3, 0.4) is 0 Å². The maximum Gasteiger partial charge on any atom is 0.305 e. The predicted molar refractivity (Wildman–Crippen MR) is 122 cm³/mol. The molecule has 1 unspecified atom stereocenters. The van der Waals surface area contributed by atoms with E-state index in [1.807, 2.05) is 24.3 Å². The number of hydrogen-bond acceptors (Lipinski definition) is 5. The van der Waals surface area contributed by atoms with Crippen molar-refractivity contribution in [3.63, 3.8) is 0 Å². The quantitative estimate of drug-likeness (QED) is 0.502. The predicted octanol–water partition coefficient (Wildman–Crippen LogP) is 3.61. The van der Waals surface area contributed by atoms with Crippen LogP contribution >= 0.6 is 0 Å². The smallest absolute Gasteiger partial charge is 0.305 e. The molecule has 3 heterocycles. The van der Waals surface area contributed by atoms with E-state index in [-0.39, 0.29) is 44.4 Å². The molecule has 3 aliphatic heterocycles. The second-order valence-corrected chi connectivity index (χ2v) is 9.33. The van der Waals surface area contributed by atoms with Gasteiger partial charge in [0.2, 0.25) is 11.8 Å². The first-order valence-electron chi connectivity index (χ1n) is 11.9. The van der Waals surface area contributed by atoms with Crippen LogP contribution in [0, 0.1) is 0 Å². The van der Waals surface area contributed by atoms with Crippen molar-refractivity contribution in [3.8, 4) is 5.75 Å². The number of nitrogens with one attached hydrogen (secondary N) is 1. The van der Waals surface area contributed by atoms with Crippen molar-refractivity contribution in [2.45, 2.75) is 63.9 Å². The number of likely N-dealkylation sites (tertiary alicyclic amines) is 1. The first kappa shape index (κ1) is 23.4. The normalized spacial score (nSPS) is 22.2. The number of benzene rings is 2. The van der Waals surface area contributed by atoms with Gasteiger partial charge in [0.05, 0.1) is 6.54 Å². The minimum absolute atomic E-state index is 0.0935. The molecule has 3 aliphatic rings. The summed E-state index contributed by atoms with van der Waals surface area (Å²) in [6, 6.07) is 9.20. The van der Waals surface area contributed by atoms with E-state index in [2.05, 4.69) is 5.32 Å². The zero-order valence-electron chi connectivity index (χ0n) is 19.3. The number of carbonyl (C=O) groups excluding carboxylic acids is 3. The number of ether oxygens (including phenoxy) is 1. The third-order valence-electron chi connectivity index (χ3n) is 6.95. The van der Waals surface area contributed by atoms with Crippen LogP contribution in [0.5, 0.6) is 5.75 Å². The Morgan fingerprint density at radius 1 is 1.03 bits per heavy atom. The Morgan fingerprint density at radius 2 is 1.80 bits per heavy atom. The van der Waals surface area contributed by atoms with Gasteiger partial charge in [-0.05, 0) is 42.5 Å². The van der Waals surface area contributed by atoms with Gasteiger partial charge in [-0.3, -0.25) is 19.7 Å². The fourth-order valence-corrected chi connectivity index (χ4v) is 4.97. The summed E-state index contributed by atoms with van der Waals surface area (Å²) in [5.41, 5.74) is 2.90. The highest BCUT2D eigenvalue weighted by atomic mass is 19.3. The van der Waals surface area contributed by atoms with E-state index in [0.717, 1.165) is 17.5 Å². The van der Waals surface area contributed by atoms with Gasteiger partial charge in [0.1, 0.15) is 18.4 Å². The van der Waals surface area contributed by atoms with E-state index in [9.17, 15) is 23.2 Å². The highest BCUT2D eigenvalue weighted by molar-refractivity contribution is 6.05. The van der Waals surface area contributed by atoms with Crippen LogP contribution in [0.15, 0.2) is 42.5 Å². The molecule has 1 atom stereocenters. The summed E-state index contributed by atoms with van der Waals surface area (Å²) in [6.45, 7) is 1.09. The summed E-state index contributed by atoms with van der Waals surface area (Å²) in [4.78, 5) is 39.4. The van der Waals surface area contributed by atoms with Crippen molar-refractivity contribution in [2.75, 3.05) is 6.54 Å². The minimum atomic E-state index is -2.76. The van der Waals surface area contributed by atoms with Crippen LogP contribution in [0.4, 0.5) is 8.78 Å². The Balaban J connectivity index is 1.23. The van der Waals surface area contributed by atoms with Crippen LogP contribution in [0.2, 0.25) is 0 Å². The summed E-state index contributed by atoms with van der Waals surface area (Å²) in [7, 11) is 0. The number of carbonyl (C=O) groups is 3. The van der Waals surface area contributed by atoms with Gasteiger partial charge in [-0.15, -0.1) is 0 Å². The largest absolute Gasteiger partial charge is 0.489 e. The lowest BCUT2D eigenvalue weighted by Gasteiger charge is -2.35. The molecule has 35 heavy (non-hydrogen) atoms. The van der Waals surface area contributed by atoms with Crippen molar-refractivity contribution in [3.05, 3.63) is 64.7 Å². The number of alkyl halides is 2. The van der Waals surface area contributed by atoms with Gasteiger partial charge in [0, 0.05) is 37.1 Å². The summed E-state index contributed by atoms with van der Waals surface area (Å²) in [6.07, 6.45) is 1.75. The summed E-state index contributed by atoms with van der Waals surface area (Å²) in [5.74, 6) is -0.469. The van der Waals surface area contributed by atoms with Gasteiger partial charge in [-0.1, -0.05) is 30.3 Å². The van der Waals surface area contributed by atoms with Crippen molar-refractivity contribution >= 4 is 17.7 Å². The van der Waals surface area contributed by atoms with Crippen LogP contribution < -0.4 is 10.1 Å². The van der Waals surface area contributed by atoms with Crippen molar-refractivity contribution in [1.82, 2.24) is 15.1 Å². The first-order valence-corrected chi connectivity index (χ1v) is 11.9. The van der Waals surface area contributed by atoms with Gasteiger partial charge in [0.25, 0.3) is 5.91 Å². The number of rotatable bonds is 6. The van der Waals surface area contributed by atoms with Crippen molar-refractivity contribution in [2.24, 2.45) is 0 Å². The van der Waals surface area contributed by atoms with Crippen LogP contribution in [0.25, 0.3) is 0 Å². The SMILES string of the molecule is O=C1CCC(N2Cc3c(OCc4ccc(CN5CCCCC5(F)F)cc4)cccc3C2=O)C(=O)N1. The highest BCUT2D eigenvalue weighted by Gasteiger charge is 2.40. The van der Waals surface area contributed by atoms with E-state index in [0.29, 0.717) is 36.3 Å². The fraction of sp³-hybridized carbons (Fsp3) is 0.423. The Hall–Kier alpha value is -3.33. The number of nitrogens with zero attached hydrogens (tertiary/aromatic N) is 2. The Bertz CT molecular complexity index is 1150. The molecule has 0 aromatic heterocycles. The molecule has 184 valence electrons. The van der Waals surface area contributed by atoms with Crippen LogP contribution in [-0.2, 0) is 29.3 Å². The van der Waals surface area contributed by atoms with Gasteiger partial charge in [0.15, 0.2) is 0 Å². The van der Waals surface area contributed by atoms with E-state index in [1.165, 1.54) is 9.80 Å². The molecule has 9 heteroatoms. The molecule has 3 amide bonds. The average Bonchev–Trinajstić information content (AvgIpc) is 3.17. The maximum atomic E-state index is 14.1. The molecule has 7 nitrogen and oxygen atoms in total. The van der Waals surface area contributed by atoms with E-state index in [4.69, 9.17) is 4.74 Å². The second-order valence-electron chi connectivity index (χ2n) is 9.33. The molecule has 0 bridgehead atoms. The minimum Gasteiger partial charge on any atom is -0.489 e. The molecule has 2 aromatic rings. The molecule has 0 radical (unpaired) electrons. The van der Waals surface area contributed by atoms with Gasteiger partial charge >= 0.3 is 6.05 Å². The second kappa shape index (κ2) is 9.37. The van der Waals surface area contributed by atoms with Crippen LogP contribution in [-0.4, -0.2) is 46.2 Å². The number of amides is 3. The van der Waals surface area contributed by atoms with Gasteiger partial charge in [-0.2, -0.15) is 8.78 Å². The van der Waals surface area contributed by atoms with E-state index < -0.39 is 18.0 Å². The summed E-state index contributed by atoms with van der Waals surface area (Å²) >= 11 is 0. The summed E-state index contributed by atoms with van der Waals surface area (Å²) in [5, 5.41) is 2.30. The molecule has 2 saturated heterocycles. The third-order valence-corrected chi connectivity index (χ3v) is 6.95. The number of fused-ring (bicyclic) bond motifs is 1. The molecule has 1 N–H and O–H groups in total. The number of piperidine rings is 2. The number of imide groups is 1. The molecule has 0 spiro atoms. The van der Waals surface area contributed by atoms with Gasteiger partial charge in [-0.25, -0.2) is 4.90 Å². The Kier molecular flexibility index (Phi) is 6.27. The topological polar surface area (TPSA) is 79.0 Å². The first-order chi connectivity index (χ1) is 16.8. The highest BCUT2D eigenvalue weighted by Crippen LogP contribution is 2.34. The molecular formula is C26H27F2N3O4. The van der Waals surface area contributed by atoms with Crippen LogP contribution in [0.1, 0.15) is 59.2 Å². The lowest BCUT2D eigenvalue weighted by molar-refractivity contribution is -0.171. The number of hydrogen-bond donors (Lipinski definition) is 1. The Labute approximate surface area is 202 Å². The third kappa shape index (κ3) is 4.77. The lowest BCUT2D eigenvalue weighted by atomic mass is 10.0. The Morgan fingerprint density at radius 3 is 2.54 bits per heavy atom. The number of halogens is 2. The average molecular weight is 484 g/mol. The maximum absolute atomic E-state index is 14.1. The summed E-state index contributed by atoms with van der Waals surface area (Å²) < 4.78 is 34.2. The van der Waals surface area contributed by atoms with Crippen molar-refractivity contribution < 1.29 is 27.9 Å². The molecule has 2 aromatic carbocycles. The van der Waals surface area contributed by atoms with Crippen molar-refractivity contribution in [1.29, 1.82) is 0 Å². The lowest BCUT2D eigenvalue weighted by Crippen LogP contribution is -2.52. The molecule has 5 rings (SSSR count). The van der Waals surface area contributed by atoms with Gasteiger partial charge < -0.3 is 9.64 Å².